The zero-order chi connectivity index (χ0) is 16.1. The highest BCUT2D eigenvalue weighted by molar-refractivity contribution is 5.81. The third-order valence-corrected chi connectivity index (χ3v) is 4.77. The average molecular weight is 321 g/mol. The number of hydrogen-bond acceptors (Lipinski definition) is 5. The molecule has 3 heterocycles. The van der Waals surface area contributed by atoms with Crippen LogP contribution in [0.2, 0.25) is 0 Å². The van der Waals surface area contributed by atoms with Crippen LogP contribution in [0.3, 0.4) is 0 Å². The molecule has 0 spiro atoms. The van der Waals surface area contributed by atoms with Crippen molar-refractivity contribution in [1.82, 2.24) is 25.2 Å². The molecule has 128 valence electrons. The van der Waals surface area contributed by atoms with Crippen molar-refractivity contribution in [2.75, 3.05) is 26.7 Å². The first-order valence-electron chi connectivity index (χ1n) is 8.70. The second-order valence-electron chi connectivity index (χ2n) is 6.59. The molecule has 3 rings (SSSR count). The Labute approximate surface area is 137 Å². The summed E-state index contributed by atoms with van der Waals surface area (Å²) in [6, 6.07) is 0. The molecule has 2 aliphatic rings. The van der Waals surface area contributed by atoms with Crippen LogP contribution in [0.25, 0.3) is 0 Å². The average Bonchev–Trinajstić information content (AvgIpc) is 3.03. The molecule has 0 unspecified atom stereocenters. The third-order valence-electron chi connectivity index (χ3n) is 4.77. The monoisotopic (exact) mass is 321 g/mol. The maximum atomic E-state index is 12.5. The van der Waals surface area contributed by atoms with E-state index in [2.05, 4.69) is 15.6 Å². The molecule has 0 aromatic carbocycles. The van der Waals surface area contributed by atoms with Crippen LogP contribution in [0.15, 0.2) is 6.20 Å². The molecule has 1 aromatic rings. The summed E-state index contributed by atoms with van der Waals surface area (Å²) in [6.07, 6.45) is 6.93. The van der Waals surface area contributed by atoms with E-state index in [-0.39, 0.29) is 12.0 Å². The number of piperidine rings is 1. The predicted octanol–water partition coefficient (Wildman–Crippen LogP) is 0.805. The third kappa shape index (κ3) is 4.29. The van der Waals surface area contributed by atoms with Gasteiger partial charge in [-0.3, -0.25) is 9.48 Å². The van der Waals surface area contributed by atoms with E-state index >= 15 is 0 Å². The topological polar surface area (TPSA) is 72.3 Å². The summed E-state index contributed by atoms with van der Waals surface area (Å²) in [5.74, 6) is 0.760. The van der Waals surface area contributed by atoms with Crippen molar-refractivity contribution in [3.05, 3.63) is 11.9 Å². The highest BCUT2D eigenvalue weighted by Crippen LogP contribution is 2.22. The summed E-state index contributed by atoms with van der Waals surface area (Å²) in [5, 5.41) is 11.4. The van der Waals surface area contributed by atoms with Gasteiger partial charge < -0.3 is 15.0 Å². The van der Waals surface area contributed by atoms with Crippen molar-refractivity contribution in [2.45, 2.75) is 51.3 Å². The highest BCUT2D eigenvalue weighted by atomic mass is 16.5. The number of amides is 1. The van der Waals surface area contributed by atoms with Crippen LogP contribution in [-0.2, 0) is 22.6 Å². The van der Waals surface area contributed by atoms with E-state index in [1.54, 1.807) is 0 Å². The number of hydrogen-bond donors (Lipinski definition) is 1. The van der Waals surface area contributed by atoms with E-state index in [4.69, 9.17) is 4.74 Å². The van der Waals surface area contributed by atoms with Crippen molar-refractivity contribution < 1.29 is 9.53 Å². The fraction of sp³-hybridized carbons (Fsp3) is 0.812. The summed E-state index contributed by atoms with van der Waals surface area (Å²) in [7, 11) is 1.90. The van der Waals surface area contributed by atoms with Crippen LogP contribution in [0, 0.1) is 5.92 Å². The minimum Gasteiger partial charge on any atom is -0.368 e. The quantitative estimate of drug-likeness (QED) is 0.869. The molecule has 0 radical (unpaired) electrons. The number of likely N-dealkylation sites (tertiary alicyclic amines) is 1. The lowest BCUT2D eigenvalue weighted by atomic mass is 9.96. The standard InChI is InChI=1S/C16H27N5O2/c1-17-10-14-12-21(19-18-14)11-13-5-7-20(8-6-13)16(22)15-4-2-3-9-23-15/h12-13,15,17H,2-11H2,1H3/t15-/m0/s1. The van der Waals surface area contributed by atoms with E-state index in [1.807, 2.05) is 22.8 Å². The molecule has 0 aliphatic carbocycles. The van der Waals surface area contributed by atoms with Gasteiger partial charge in [0.15, 0.2) is 0 Å². The Bertz CT molecular complexity index is 504. The smallest absolute Gasteiger partial charge is 0.251 e. The normalized spacial score (nSPS) is 23.2. The minimum atomic E-state index is -0.195. The van der Waals surface area contributed by atoms with Crippen molar-refractivity contribution in [3.63, 3.8) is 0 Å². The summed E-state index contributed by atoms with van der Waals surface area (Å²) >= 11 is 0. The van der Waals surface area contributed by atoms with E-state index in [0.29, 0.717) is 5.92 Å². The van der Waals surface area contributed by atoms with Gasteiger partial charge in [0.05, 0.1) is 5.69 Å². The van der Waals surface area contributed by atoms with Crippen LogP contribution in [-0.4, -0.2) is 58.6 Å². The number of ether oxygens (including phenoxy) is 1. The van der Waals surface area contributed by atoms with E-state index in [1.165, 1.54) is 0 Å². The molecular formula is C16H27N5O2. The molecule has 7 heteroatoms. The molecular weight excluding hydrogens is 294 g/mol. The van der Waals surface area contributed by atoms with Gasteiger partial charge in [-0.25, -0.2) is 0 Å². The highest BCUT2D eigenvalue weighted by Gasteiger charge is 2.30. The lowest BCUT2D eigenvalue weighted by molar-refractivity contribution is -0.148. The zero-order valence-corrected chi connectivity index (χ0v) is 13.9. The van der Waals surface area contributed by atoms with Crippen molar-refractivity contribution in [1.29, 1.82) is 0 Å². The fourth-order valence-electron chi connectivity index (χ4n) is 3.43. The number of nitrogens with zero attached hydrogens (tertiary/aromatic N) is 4. The maximum Gasteiger partial charge on any atom is 0.251 e. The van der Waals surface area contributed by atoms with E-state index in [9.17, 15) is 4.79 Å². The van der Waals surface area contributed by atoms with Crippen LogP contribution in [0.4, 0.5) is 0 Å². The molecule has 1 aromatic heterocycles. The van der Waals surface area contributed by atoms with Crippen LogP contribution in [0.5, 0.6) is 0 Å². The molecule has 1 N–H and O–H groups in total. The van der Waals surface area contributed by atoms with Gasteiger partial charge >= 0.3 is 0 Å². The van der Waals surface area contributed by atoms with Crippen molar-refractivity contribution in [2.24, 2.45) is 5.92 Å². The Morgan fingerprint density at radius 2 is 2.17 bits per heavy atom. The van der Waals surface area contributed by atoms with Crippen LogP contribution in [0.1, 0.15) is 37.8 Å². The van der Waals surface area contributed by atoms with E-state index < -0.39 is 0 Å². The van der Waals surface area contributed by atoms with Gasteiger partial charge in [-0.15, -0.1) is 5.10 Å². The molecule has 0 bridgehead atoms. The Balaban J connectivity index is 1.45. The largest absolute Gasteiger partial charge is 0.368 e. The summed E-state index contributed by atoms with van der Waals surface area (Å²) in [6.45, 7) is 4.03. The molecule has 2 aliphatic heterocycles. The summed E-state index contributed by atoms with van der Waals surface area (Å²) in [4.78, 5) is 14.4. The van der Waals surface area contributed by atoms with Crippen LogP contribution < -0.4 is 5.32 Å². The van der Waals surface area contributed by atoms with Gasteiger partial charge in [0.25, 0.3) is 5.91 Å². The fourth-order valence-corrected chi connectivity index (χ4v) is 3.43. The van der Waals surface area contributed by atoms with Crippen molar-refractivity contribution >= 4 is 5.91 Å². The Hall–Kier alpha value is -1.47. The number of carbonyl (C=O) groups is 1. The second kappa shape index (κ2) is 7.88. The zero-order valence-electron chi connectivity index (χ0n) is 13.9. The van der Waals surface area contributed by atoms with Gasteiger partial charge in [0.2, 0.25) is 0 Å². The Kier molecular flexibility index (Phi) is 5.61. The molecule has 7 nitrogen and oxygen atoms in total. The van der Waals surface area contributed by atoms with Gasteiger partial charge in [-0.05, 0) is 45.1 Å². The second-order valence-corrected chi connectivity index (χ2v) is 6.59. The molecule has 2 saturated heterocycles. The van der Waals surface area contributed by atoms with Gasteiger partial charge in [0.1, 0.15) is 6.10 Å². The first-order valence-corrected chi connectivity index (χ1v) is 8.70. The maximum absolute atomic E-state index is 12.5. The van der Waals surface area contributed by atoms with Gasteiger partial charge in [-0.1, -0.05) is 5.21 Å². The van der Waals surface area contributed by atoms with Crippen LogP contribution >= 0.6 is 0 Å². The Morgan fingerprint density at radius 1 is 1.35 bits per heavy atom. The van der Waals surface area contributed by atoms with Crippen molar-refractivity contribution in [3.8, 4) is 0 Å². The lowest BCUT2D eigenvalue weighted by Crippen LogP contribution is -2.46. The number of nitrogens with one attached hydrogen (secondary N) is 1. The molecule has 1 amide bonds. The minimum absolute atomic E-state index is 0.195. The van der Waals surface area contributed by atoms with Gasteiger partial charge in [-0.2, -0.15) is 0 Å². The number of rotatable bonds is 5. The summed E-state index contributed by atoms with van der Waals surface area (Å²) < 4.78 is 7.55. The van der Waals surface area contributed by atoms with Gasteiger partial charge in [0, 0.05) is 39.0 Å². The number of aromatic nitrogens is 3. The first-order chi connectivity index (χ1) is 11.3. The molecule has 23 heavy (non-hydrogen) atoms. The molecule has 1 atom stereocenters. The number of carbonyl (C=O) groups excluding carboxylic acids is 1. The Morgan fingerprint density at radius 3 is 2.87 bits per heavy atom. The molecule has 2 fully saturated rings. The molecule has 0 saturated carbocycles. The van der Waals surface area contributed by atoms with E-state index in [0.717, 1.165) is 70.6 Å². The SMILES string of the molecule is CNCc1cn(CC2CCN(C(=O)[C@@H]3CCCCO3)CC2)nn1. The first kappa shape index (κ1) is 16.4. The summed E-state index contributed by atoms with van der Waals surface area (Å²) in [5.41, 5.74) is 0.967. The lowest BCUT2D eigenvalue weighted by Gasteiger charge is -2.35. The predicted molar refractivity (Wildman–Crippen MR) is 85.7 cm³/mol.